The first-order valence-electron chi connectivity index (χ1n) is 14.8. The Morgan fingerprint density at radius 2 is 1.78 bits per heavy atom. The lowest BCUT2D eigenvalue weighted by atomic mass is 10.1. The number of nitrogens with zero attached hydrogens (tertiary/aromatic N) is 6. The highest BCUT2D eigenvalue weighted by atomic mass is 16.6. The molecule has 46 heavy (non-hydrogen) atoms. The van der Waals surface area contributed by atoms with E-state index < -0.39 is 18.0 Å². The molecule has 0 unspecified atom stereocenters. The predicted octanol–water partition coefficient (Wildman–Crippen LogP) is 5.69. The van der Waals surface area contributed by atoms with Crippen LogP contribution >= 0.6 is 0 Å². The van der Waals surface area contributed by atoms with Gasteiger partial charge >= 0.3 is 6.09 Å². The lowest BCUT2D eigenvalue weighted by molar-refractivity contribution is 0.0768. The number of rotatable bonds is 8. The molecule has 6 rings (SSSR count). The van der Waals surface area contributed by atoms with Crippen LogP contribution in [0.4, 0.5) is 16.3 Å². The Bertz CT molecular complexity index is 1900. The normalized spacial score (nSPS) is 14.4. The Hall–Kier alpha value is -6.02. The third-order valence-electron chi connectivity index (χ3n) is 7.73. The maximum Gasteiger partial charge on any atom is 0.410 e. The van der Waals surface area contributed by atoms with Crippen LogP contribution in [0.25, 0.3) is 22.3 Å². The van der Waals surface area contributed by atoms with E-state index in [-0.39, 0.29) is 24.5 Å². The van der Waals surface area contributed by atoms with Crippen molar-refractivity contribution in [2.75, 3.05) is 37.0 Å². The van der Waals surface area contributed by atoms with Crippen molar-refractivity contribution in [3.63, 3.8) is 0 Å². The van der Waals surface area contributed by atoms with Crippen LogP contribution in [-0.2, 0) is 11.3 Å². The highest BCUT2D eigenvalue weighted by Gasteiger charge is 2.33. The molecule has 230 valence electrons. The number of pyridine rings is 1. The van der Waals surface area contributed by atoms with Gasteiger partial charge in [-0.05, 0) is 29.1 Å². The Morgan fingerprint density at radius 1 is 0.978 bits per heavy atom. The average molecular weight is 614 g/mol. The van der Waals surface area contributed by atoms with Gasteiger partial charge in [-0.2, -0.15) is 5.26 Å². The molecule has 11 heteroatoms. The van der Waals surface area contributed by atoms with Gasteiger partial charge in [0, 0.05) is 43.4 Å². The standard InChI is InChI=1S/C35H31N7O4/c1-45-27-19-25-11-5-6-12-28(25)30(20-27)39-34(43)31-21-32(40-33(38-31)29-13-7-8-16-37-29)41-17-18-42(26(22-41)14-15-36)35(44)46-23-24-9-3-2-4-10-24/h2-13,16,19-21,26H,14,17-18,22-23H2,1H3,(H,39,43)/t26-/m0/s1. The van der Waals surface area contributed by atoms with Gasteiger partial charge in [-0.15, -0.1) is 0 Å². The van der Waals surface area contributed by atoms with Crippen molar-refractivity contribution >= 4 is 34.3 Å². The van der Waals surface area contributed by atoms with Gasteiger partial charge in [-0.1, -0.05) is 60.7 Å². The summed E-state index contributed by atoms with van der Waals surface area (Å²) < 4.78 is 11.0. The molecule has 2 aromatic heterocycles. The van der Waals surface area contributed by atoms with Gasteiger partial charge in [0.2, 0.25) is 0 Å². The van der Waals surface area contributed by atoms with Crippen LogP contribution in [0.1, 0.15) is 22.5 Å². The summed E-state index contributed by atoms with van der Waals surface area (Å²) >= 11 is 0. The van der Waals surface area contributed by atoms with Crippen molar-refractivity contribution in [2.24, 2.45) is 0 Å². The van der Waals surface area contributed by atoms with Gasteiger partial charge in [0.25, 0.3) is 5.91 Å². The second-order valence-electron chi connectivity index (χ2n) is 10.7. The second kappa shape index (κ2) is 13.7. The summed E-state index contributed by atoms with van der Waals surface area (Å²) in [7, 11) is 1.58. The smallest absolute Gasteiger partial charge is 0.410 e. The van der Waals surface area contributed by atoms with E-state index in [1.807, 2.05) is 71.6 Å². The van der Waals surface area contributed by atoms with Crippen molar-refractivity contribution < 1.29 is 19.1 Å². The van der Waals surface area contributed by atoms with Crippen LogP contribution in [0.15, 0.2) is 97.2 Å². The van der Waals surface area contributed by atoms with Crippen LogP contribution in [0.3, 0.4) is 0 Å². The molecule has 0 bridgehead atoms. The Balaban J connectivity index is 1.28. The van der Waals surface area contributed by atoms with Gasteiger partial charge in [0.05, 0.1) is 31.3 Å². The number of aromatic nitrogens is 3. The first-order valence-corrected chi connectivity index (χ1v) is 14.8. The third-order valence-corrected chi connectivity index (χ3v) is 7.73. The summed E-state index contributed by atoms with van der Waals surface area (Å²) in [5.41, 5.74) is 2.10. The number of carbonyl (C=O) groups excluding carboxylic acids is 2. The zero-order valence-corrected chi connectivity index (χ0v) is 25.2. The number of methoxy groups -OCH3 is 1. The minimum absolute atomic E-state index is 0.103. The van der Waals surface area contributed by atoms with Crippen molar-refractivity contribution in [1.29, 1.82) is 5.26 Å². The minimum atomic E-state index is -0.480. The Morgan fingerprint density at radius 3 is 2.57 bits per heavy atom. The molecule has 0 radical (unpaired) electrons. The molecular weight excluding hydrogens is 582 g/mol. The zero-order valence-electron chi connectivity index (χ0n) is 25.2. The molecule has 3 heterocycles. The highest BCUT2D eigenvalue weighted by Crippen LogP contribution is 2.30. The van der Waals surface area contributed by atoms with Crippen molar-refractivity contribution in [2.45, 2.75) is 19.1 Å². The quantitative estimate of drug-likeness (QED) is 0.234. The number of benzene rings is 3. The average Bonchev–Trinajstić information content (AvgIpc) is 3.11. The molecule has 1 saturated heterocycles. The van der Waals surface area contributed by atoms with Crippen LogP contribution < -0.4 is 15.0 Å². The van der Waals surface area contributed by atoms with Crippen molar-refractivity contribution in [3.8, 4) is 23.3 Å². The molecule has 5 aromatic rings. The molecular formula is C35H31N7O4. The molecule has 1 atom stereocenters. The van der Waals surface area contributed by atoms with Gasteiger partial charge in [-0.25, -0.2) is 14.8 Å². The zero-order chi connectivity index (χ0) is 31.9. The van der Waals surface area contributed by atoms with E-state index in [4.69, 9.17) is 14.5 Å². The minimum Gasteiger partial charge on any atom is -0.497 e. The molecule has 1 N–H and O–H groups in total. The summed E-state index contributed by atoms with van der Waals surface area (Å²) in [5, 5.41) is 14.4. The summed E-state index contributed by atoms with van der Waals surface area (Å²) in [4.78, 5) is 44.2. The molecule has 0 spiro atoms. The van der Waals surface area contributed by atoms with Gasteiger partial charge in [0.15, 0.2) is 5.82 Å². The van der Waals surface area contributed by atoms with Crippen molar-refractivity contribution in [3.05, 3.63) is 108 Å². The number of ether oxygens (including phenoxy) is 2. The number of amides is 2. The molecule has 11 nitrogen and oxygen atoms in total. The fraction of sp³-hybridized carbons (Fsp3) is 0.200. The van der Waals surface area contributed by atoms with Crippen LogP contribution in [0, 0.1) is 11.3 Å². The topological polar surface area (TPSA) is 134 Å². The van der Waals surface area contributed by atoms with Gasteiger partial charge < -0.3 is 24.6 Å². The van der Waals surface area contributed by atoms with Gasteiger partial charge in [0.1, 0.15) is 29.6 Å². The number of hydrogen-bond donors (Lipinski definition) is 1. The fourth-order valence-corrected chi connectivity index (χ4v) is 5.40. The van der Waals surface area contributed by atoms with Crippen molar-refractivity contribution in [1.82, 2.24) is 19.9 Å². The summed E-state index contributed by atoms with van der Waals surface area (Å²) in [6, 6.07) is 29.6. The SMILES string of the molecule is COc1cc(NC(=O)c2cc(N3CCN(C(=O)OCc4ccccc4)[C@@H](CC#N)C3)nc(-c3ccccn3)n2)c2ccccc2c1. The lowest BCUT2D eigenvalue weighted by Crippen LogP contribution is -2.55. The third kappa shape index (κ3) is 6.71. The monoisotopic (exact) mass is 613 g/mol. The van der Waals surface area contributed by atoms with E-state index in [0.29, 0.717) is 42.6 Å². The van der Waals surface area contributed by atoms with E-state index in [9.17, 15) is 14.9 Å². The molecule has 0 aliphatic carbocycles. The number of carbonyl (C=O) groups is 2. The van der Waals surface area contributed by atoms with E-state index in [1.165, 1.54) is 0 Å². The molecule has 3 aromatic carbocycles. The molecule has 1 fully saturated rings. The molecule has 1 aliphatic heterocycles. The Kier molecular flexibility index (Phi) is 8.97. The van der Waals surface area contributed by atoms with Crippen LogP contribution in [0.5, 0.6) is 5.75 Å². The highest BCUT2D eigenvalue weighted by molar-refractivity contribution is 6.09. The van der Waals surface area contributed by atoms with E-state index >= 15 is 0 Å². The van der Waals surface area contributed by atoms with E-state index in [0.717, 1.165) is 16.3 Å². The Labute approximate surface area is 266 Å². The van der Waals surface area contributed by atoms with E-state index in [1.54, 1.807) is 42.5 Å². The summed E-state index contributed by atoms with van der Waals surface area (Å²) in [6.07, 6.45) is 1.26. The summed E-state index contributed by atoms with van der Waals surface area (Å²) in [5.74, 6) is 0.933. The van der Waals surface area contributed by atoms with E-state index in [2.05, 4.69) is 21.4 Å². The van der Waals surface area contributed by atoms with Crippen LogP contribution in [-0.4, -0.2) is 64.6 Å². The first-order chi connectivity index (χ1) is 22.5. The van der Waals surface area contributed by atoms with Gasteiger partial charge in [-0.3, -0.25) is 9.78 Å². The molecule has 1 aliphatic rings. The summed E-state index contributed by atoms with van der Waals surface area (Å²) in [6.45, 7) is 1.16. The largest absolute Gasteiger partial charge is 0.497 e. The molecule has 0 saturated carbocycles. The second-order valence-corrected chi connectivity index (χ2v) is 10.7. The molecule has 2 amide bonds. The van der Waals surface area contributed by atoms with Crippen LogP contribution in [0.2, 0.25) is 0 Å². The lowest BCUT2D eigenvalue weighted by Gasteiger charge is -2.40. The maximum atomic E-state index is 13.8. The maximum absolute atomic E-state index is 13.8. The first kappa shape index (κ1) is 30.0. The number of hydrogen-bond acceptors (Lipinski definition) is 9. The number of anilines is 2. The number of piperazine rings is 1. The number of nitriles is 1. The fourth-order valence-electron chi connectivity index (χ4n) is 5.40. The number of fused-ring (bicyclic) bond motifs is 1. The number of nitrogens with one attached hydrogen (secondary N) is 1. The predicted molar refractivity (Wildman–Crippen MR) is 173 cm³/mol.